The van der Waals surface area contributed by atoms with Gasteiger partial charge in [0, 0.05) is 6.54 Å². The Morgan fingerprint density at radius 3 is 2.47 bits per heavy atom. The number of aromatic hydroxyl groups is 2. The molecule has 104 valence electrons. The van der Waals surface area contributed by atoms with E-state index in [4.69, 9.17) is 0 Å². The minimum atomic E-state index is -0.422. The molecule has 0 unspecified atom stereocenters. The summed E-state index contributed by atoms with van der Waals surface area (Å²) in [7, 11) is 2.09. The fraction of sp³-hybridized carbons (Fsp3) is 0.500. The molecule has 2 rings (SSSR count). The topological polar surface area (TPSA) is 72.8 Å². The van der Waals surface area contributed by atoms with Gasteiger partial charge in [-0.3, -0.25) is 4.79 Å². The average Bonchev–Trinajstić information content (AvgIpc) is 2.38. The molecule has 3 N–H and O–H groups in total. The molecule has 1 heterocycles. The summed E-state index contributed by atoms with van der Waals surface area (Å²) in [6.45, 7) is 2.67. The Morgan fingerprint density at radius 2 is 1.89 bits per heavy atom. The standard InChI is InChI=1S/C14H20N2O3/c1-16-7-5-10(6-8-16)9-15-14(19)13-11(17)3-2-4-12(13)18/h2-4,10,17-18H,5-9H2,1H3,(H,15,19). The average molecular weight is 264 g/mol. The molecule has 1 fully saturated rings. The molecule has 0 saturated carbocycles. The van der Waals surface area contributed by atoms with Crippen LogP contribution in [0.5, 0.6) is 11.5 Å². The van der Waals surface area contributed by atoms with Gasteiger partial charge in [0.15, 0.2) is 0 Å². The molecule has 19 heavy (non-hydrogen) atoms. The Balaban J connectivity index is 1.91. The van der Waals surface area contributed by atoms with Crippen LogP contribution < -0.4 is 5.32 Å². The third kappa shape index (κ3) is 3.38. The van der Waals surface area contributed by atoms with E-state index in [0.29, 0.717) is 12.5 Å². The molecule has 0 radical (unpaired) electrons. The van der Waals surface area contributed by atoms with Crippen LogP contribution in [-0.2, 0) is 0 Å². The lowest BCUT2D eigenvalue weighted by Gasteiger charge is -2.28. The van der Waals surface area contributed by atoms with Crippen molar-refractivity contribution >= 4 is 5.91 Å². The smallest absolute Gasteiger partial charge is 0.258 e. The minimum absolute atomic E-state index is 0.0459. The summed E-state index contributed by atoms with van der Waals surface area (Å²) in [6.07, 6.45) is 2.12. The van der Waals surface area contributed by atoms with Crippen LogP contribution in [0, 0.1) is 5.92 Å². The maximum atomic E-state index is 12.0. The van der Waals surface area contributed by atoms with E-state index in [1.807, 2.05) is 0 Å². The predicted octanol–water partition coefficient (Wildman–Crippen LogP) is 1.17. The number of hydrogen-bond donors (Lipinski definition) is 3. The first kappa shape index (κ1) is 13.7. The Kier molecular flexibility index (Phi) is 4.27. The SMILES string of the molecule is CN1CCC(CNC(=O)c2c(O)cccc2O)CC1. The van der Waals surface area contributed by atoms with Crippen LogP contribution in [0.25, 0.3) is 0 Å². The van der Waals surface area contributed by atoms with E-state index in [1.165, 1.54) is 18.2 Å². The van der Waals surface area contributed by atoms with Gasteiger partial charge in [-0.2, -0.15) is 0 Å². The monoisotopic (exact) mass is 264 g/mol. The van der Waals surface area contributed by atoms with Crippen molar-refractivity contribution in [2.75, 3.05) is 26.7 Å². The van der Waals surface area contributed by atoms with Gasteiger partial charge in [-0.05, 0) is 51.0 Å². The van der Waals surface area contributed by atoms with Crippen molar-refractivity contribution < 1.29 is 15.0 Å². The van der Waals surface area contributed by atoms with E-state index in [1.54, 1.807) is 0 Å². The van der Waals surface area contributed by atoms with Crippen molar-refractivity contribution in [1.82, 2.24) is 10.2 Å². The molecule has 1 aromatic rings. The van der Waals surface area contributed by atoms with E-state index in [0.717, 1.165) is 25.9 Å². The highest BCUT2D eigenvalue weighted by molar-refractivity contribution is 5.99. The first-order valence-corrected chi connectivity index (χ1v) is 6.55. The Morgan fingerprint density at radius 1 is 1.32 bits per heavy atom. The predicted molar refractivity (Wildman–Crippen MR) is 72.3 cm³/mol. The van der Waals surface area contributed by atoms with Gasteiger partial charge in [0.25, 0.3) is 5.91 Å². The molecule has 1 aliphatic heterocycles. The van der Waals surface area contributed by atoms with Gasteiger partial charge in [0.05, 0.1) is 0 Å². The second kappa shape index (κ2) is 5.93. The number of phenolic OH excluding ortho intramolecular Hbond substituents is 2. The zero-order chi connectivity index (χ0) is 13.8. The number of hydrogen-bond acceptors (Lipinski definition) is 4. The molecule has 0 atom stereocenters. The fourth-order valence-corrected chi connectivity index (χ4v) is 2.35. The van der Waals surface area contributed by atoms with Gasteiger partial charge in [-0.1, -0.05) is 6.07 Å². The molecule has 1 aliphatic rings. The van der Waals surface area contributed by atoms with Crippen LogP contribution in [0.15, 0.2) is 18.2 Å². The Bertz CT molecular complexity index is 434. The van der Waals surface area contributed by atoms with Crippen LogP contribution in [0.4, 0.5) is 0 Å². The van der Waals surface area contributed by atoms with Crippen LogP contribution >= 0.6 is 0 Å². The quantitative estimate of drug-likeness (QED) is 0.766. The number of likely N-dealkylation sites (tertiary alicyclic amines) is 1. The van der Waals surface area contributed by atoms with Gasteiger partial charge in [-0.25, -0.2) is 0 Å². The molecular formula is C14H20N2O3. The highest BCUT2D eigenvalue weighted by atomic mass is 16.3. The van der Waals surface area contributed by atoms with Crippen molar-refractivity contribution in [1.29, 1.82) is 0 Å². The third-order valence-corrected chi connectivity index (χ3v) is 3.64. The molecule has 0 aromatic heterocycles. The minimum Gasteiger partial charge on any atom is -0.507 e. The Hall–Kier alpha value is -1.75. The number of carbonyl (C=O) groups is 1. The van der Waals surface area contributed by atoms with E-state index < -0.39 is 5.91 Å². The highest BCUT2D eigenvalue weighted by Gasteiger charge is 2.20. The van der Waals surface area contributed by atoms with Gasteiger partial charge in [0.2, 0.25) is 0 Å². The van der Waals surface area contributed by atoms with Gasteiger partial charge in [-0.15, -0.1) is 0 Å². The zero-order valence-corrected chi connectivity index (χ0v) is 11.1. The van der Waals surface area contributed by atoms with E-state index >= 15 is 0 Å². The van der Waals surface area contributed by atoms with Crippen molar-refractivity contribution in [3.8, 4) is 11.5 Å². The van der Waals surface area contributed by atoms with Gasteiger partial charge >= 0.3 is 0 Å². The highest BCUT2D eigenvalue weighted by Crippen LogP contribution is 2.26. The van der Waals surface area contributed by atoms with Crippen molar-refractivity contribution in [2.45, 2.75) is 12.8 Å². The summed E-state index contributed by atoms with van der Waals surface area (Å²) in [5.41, 5.74) is -0.0459. The lowest BCUT2D eigenvalue weighted by Crippen LogP contribution is -2.36. The second-order valence-corrected chi connectivity index (χ2v) is 5.13. The maximum Gasteiger partial charge on any atom is 0.258 e. The normalized spacial score (nSPS) is 17.3. The molecule has 1 amide bonds. The van der Waals surface area contributed by atoms with E-state index in [-0.39, 0.29) is 17.1 Å². The summed E-state index contributed by atoms with van der Waals surface area (Å²) < 4.78 is 0. The van der Waals surface area contributed by atoms with Crippen molar-refractivity contribution in [2.24, 2.45) is 5.92 Å². The summed E-state index contributed by atoms with van der Waals surface area (Å²) in [6, 6.07) is 4.28. The molecule has 1 saturated heterocycles. The van der Waals surface area contributed by atoms with E-state index in [9.17, 15) is 15.0 Å². The molecule has 0 bridgehead atoms. The summed E-state index contributed by atoms with van der Waals surface area (Å²) in [5.74, 6) is -0.343. The molecule has 5 nitrogen and oxygen atoms in total. The molecular weight excluding hydrogens is 244 g/mol. The van der Waals surface area contributed by atoms with Crippen molar-refractivity contribution in [3.63, 3.8) is 0 Å². The van der Waals surface area contributed by atoms with Gasteiger partial charge < -0.3 is 20.4 Å². The number of rotatable bonds is 3. The lowest BCUT2D eigenvalue weighted by atomic mass is 9.97. The zero-order valence-electron chi connectivity index (χ0n) is 11.1. The first-order valence-electron chi connectivity index (χ1n) is 6.55. The summed E-state index contributed by atoms with van der Waals surface area (Å²) in [4.78, 5) is 14.2. The number of piperidine rings is 1. The Labute approximate surface area is 112 Å². The lowest BCUT2D eigenvalue weighted by molar-refractivity contribution is 0.0933. The molecule has 5 heteroatoms. The maximum absolute atomic E-state index is 12.0. The number of benzene rings is 1. The number of carbonyl (C=O) groups excluding carboxylic acids is 1. The molecule has 0 spiro atoms. The van der Waals surface area contributed by atoms with Crippen molar-refractivity contribution in [3.05, 3.63) is 23.8 Å². The van der Waals surface area contributed by atoms with Crippen LogP contribution in [0.1, 0.15) is 23.2 Å². The molecule has 1 aromatic carbocycles. The molecule has 0 aliphatic carbocycles. The summed E-state index contributed by atoms with van der Waals surface area (Å²) in [5, 5.41) is 22.0. The first-order chi connectivity index (χ1) is 9.08. The van der Waals surface area contributed by atoms with E-state index in [2.05, 4.69) is 17.3 Å². The van der Waals surface area contributed by atoms with Crippen LogP contribution in [0.3, 0.4) is 0 Å². The number of phenols is 2. The largest absolute Gasteiger partial charge is 0.507 e. The number of nitrogens with one attached hydrogen (secondary N) is 1. The fourth-order valence-electron chi connectivity index (χ4n) is 2.35. The second-order valence-electron chi connectivity index (χ2n) is 5.13. The summed E-state index contributed by atoms with van der Waals surface area (Å²) >= 11 is 0. The van der Waals surface area contributed by atoms with Gasteiger partial charge in [0.1, 0.15) is 17.1 Å². The third-order valence-electron chi connectivity index (χ3n) is 3.64. The van der Waals surface area contributed by atoms with Crippen LogP contribution in [0.2, 0.25) is 0 Å². The van der Waals surface area contributed by atoms with Crippen LogP contribution in [-0.4, -0.2) is 47.7 Å². The number of nitrogens with zero attached hydrogens (tertiary/aromatic N) is 1. The number of amides is 1.